The molecule has 0 radical (unpaired) electrons. The maximum atomic E-state index is 5.23. The largest absolute Gasteiger partial charge is 0.497 e. The van der Waals surface area contributed by atoms with Gasteiger partial charge in [-0.2, -0.15) is 0 Å². The first-order valence-corrected chi connectivity index (χ1v) is 7.48. The summed E-state index contributed by atoms with van der Waals surface area (Å²) < 4.78 is 5.23. The lowest BCUT2D eigenvalue weighted by Crippen LogP contribution is -1.86. The monoisotopic (exact) mass is 274 g/mol. The third kappa shape index (κ3) is 2.29. The van der Waals surface area contributed by atoms with Crippen LogP contribution in [0.15, 0.2) is 66.7 Å². The van der Waals surface area contributed by atoms with Gasteiger partial charge in [-0.3, -0.25) is 0 Å². The lowest BCUT2D eigenvalue weighted by Gasteiger charge is -2.05. The van der Waals surface area contributed by atoms with E-state index in [4.69, 9.17) is 4.74 Å². The maximum absolute atomic E-state index is 5.23. The highest BCUT2D eigenvalue weighted by atomic mass is 16.5. The van der Waals surface area contributed by atoms with E-state index in [0.717, 1.165) is 5.75 Å². The summed E-state index contributed by atoms with van der Waals surface area (Å²) in [5, 5.41) is 2.67. The minimum atomic E-state index is 0.664. The zero-order valence-corrected chi connectivity index (χ0v) is 12.1. The molecule has 0 amide bonds. The Morgan fingerprint density at radius 3 is 2.19 bits per heavy atom. The lowest BCUT2D eigenvalue weighted by molar-refractivity contribution is 0.414. The van der Waals surface area contributed by atoms with E-state index in [9.17, 15) is 0 Å². The van der Waals surface area contributed by atoms with E-state index in [0.29, 0.717) is 11.8 Å². The predicted octanol–water partition coefficient (Wildman–Crippen LogP) is 5.12. The zero-order valence-electron chi connectivity index (χ0n) is 12.1. The quantitative estimate of drug-likeness (QED) is 0.644. The fourth-order valence-corrected chi connectivity index (χ4v) is 3.22. The SMILES string of the molecule is COc1ccc(C2CC2c2ccc3ccccc3c2)cc1. The number of fused-ring (bicyclic) bond motifs is 1. The molecule has 3 aromatic carbocycles. The van der Waals surface area contributed by atoms with Gasteiger partial charge in [-0.05, 0) is 52.3 Å². The van der Waals surface area contributed by atoms with Gasteiger partial charge in [-0.15, -0.1) is 0 Å². The highest BCUT2D eigenvalue weighted by Gasteiger charge is 2.39. The Morgan fingerprint density at radius 1 is 0.762 bits per heavy atom. The minimum absolute atomic E-state index is 0.664. The van der Waals surface area contributed by atoms with Crippen LogP contribution in [0.4, 0.5) is 0 Å². The molecule has 4 rings (SSSR count). The van der Waals surface area contributed by atoms with Crippen LogP contribution in [0, 0.1) is 0 Å². The van der Waals surface area contributed by atoms with E-state index in [1.807, 2.05) is 0 Å². The average molecular weight is 274 g/mol. The Balaban J connectivity index is 1.59. The first-order chi connectivity index (χ1) is 10.3. The molecule has 2 unspecified atom stereocenters. The van der Waals surface area contributed by atoms with Crippen molar-refractivity contribution >= 4 is 10.8 Å². The smallest absolute Gasteiger partial charge is 0.118 e. The first-order valence-electron chi connectivity index (χ1n) is 7.48. The number of hydrogen-bond acceptors (Lipinski definition) is 1. The summed E-state index contributed by atoms with van der Waals surface area (Å²) in [5.74, 6) is 2.27. The zero-order chi connectivity index (χ0) is 14.2. The number of methoxy groups -OCH3 is 1. The molecular weight excluding hydrogens is 256 g/mol. The molecule has 1 aliphatic rings. The average Bonchev–Trinajstić information content (AvgIpc) is 3.35. The normalized spacial score (nSPS) is 20.4. The molecule has 1 aliphatic carbocycles. The first kappa shape index (κ1) is 12.5. The Bertz CT molecular complexity index is 773. The summed E-state index contributed by atoms with van der Waals surface area (Å²) in [4.78, 5) is 0. The van der Waals surface area contributed by atoms with Gasteiger partial charge in [-0.1, -0.05) is 54.6 Å². The van der Waals surface area contributed by atoms with Gasteiger partial charge in [0.15, 0.2) is 0 Å². The number of hydrogen-bond donors (Lipinski definition) is 0. The van der Waals surface area contributed by atoms with Crippen molar-refractivity contribution in [1.29, 1.82) is 0 Å². The summed E-state index contributed by atoms with van der Waals surface area (Å²) in [5.41, 5.74) is 2.89. The third-order valence-electron chi connectivity index (χ3n) is 4.54. The van der Waals surface area contributed by atoms with Gasteiger partial charge >= 0.3 is 0 Å². The molecule has 104 valence electrons. The van der Waals surface area contributed by atoms with Gasteiger partial charge in [0, 0.05) is 0 Å². The van der Waals surface area contributed by atoms with E-state index >= 15 is 0 Å². The molecule has 1 saturated carbocycles. The third-order valence-corrected chi connectivity index (χ3v) is 4.54. The Hall–Kier alpha value is -2.28. The molecule has 0 heterocycles. The van der Waals surface area contributed by atoms with Crippen molar-refractivity contribution in [1.82, 2.24) is 0 Å². The number of ether oxygens (including phenoxy) is 1. The molecule has 3 aromatic rings. The van der Waals surface area contributed by atoms with E-state index in [1.54, 1.807) is 7.11 Å². The summed E-state index contributed by atoms with van der Waals surface area (Å²) in [6.07, 6.45) is 1.25. The van der Waals surface area contributed by atoms with Gasteiger partial charge in [0.05, 0.1) is 7.11 Å². The van der Waals surface area contributed by atoms with E-state index in [2.05, 4.69) is 66.7 Å². The van der Waals surface area contributed by atoms with E-state index in [-0.39, 0.29) is 0 Å². The highest BCUT2D eigenvalue weighted by Crippen LogP contribution is 2.55. The van der Waals surface area contributed by atoms with Crippen LogP contribution in [-0.4, -0.2) is 7.11 Å². The van der Waals surface area contributed by atoms with Crippen molar-refractivity contribution in [3.63, 3.8) is 0 Å². The van der Waals surface area contributed by atoms with E-state index in [1.165, 1.54) is 28.3 Å². The molecule has 0 spiro atoms. The molecule has 0 aromatic heterocycles. The molecular formula is C20H18O. The molecule has 1 fully saturated rings. The molecule has 1 heteroatoms. The fourth-order valence-electron chi connectivity index (χ4n) is 3.22. The minimum Gasteiger partial charge on any atom is -0.497 e. The second kappa shape index (κ2) is 4.92. The van der Waals surface area contributed by atoms with Crippen molar-refractivity contribution in [2.24, 2.45) is 0 Å². The molecule has 2 atom stereocenters. The van der Waals surface area contributed by atoms with Crippen molar-refractivity contribution in [3.8, 4) is 5.75 Å². The summed E-state index contributed by atoms with van der Waals surface area (Å²) in [6.45, 7) is 0. The van der Waals surface area contributed by atoms with Gasteiger partial charge in [0.1, 0.15) is 5.75 Å². The van der Waals surface area contributed by atoms with Crippen LogP contribution in [0.25, 0.3) is 10.8 Å². The summed E-state index contributed by atoms with van der Waals surface area (Å²) in [7, 11) is 1.71. The maximum Gasteiger partial charge on any atom is 0.118 e. The van der Waals surface area contributed by atoms with Crippen LogP contribution in [0.3, 0.4) is 0 Å². The molecule has 1 nitrogen and oxygen atoms in total. The van der Waals surface area contributed by atoms with Crippen molar-refractivity contribution in [2.75, 3.05) is 7.11 Å². The molecule has 21 heavy (non-hydrogen) atoms. The van der Waals surface area contributed by atoms with Gasteiger partial charge in [-0.25, -0.2) is 0 Å². The number of benzene rings is 3. The van der Waals surface area contributed by atoms with Crippen LogP contribution in [0.1, 0.15) is 29.4 Å². The molecule has 0 bridgehead atoms. The molecule has 0 N–H and O–H groups in total. The van der Waals surface area contributed by atoms with Crippen LogP contribution < -0.4 is 4.74 Å². The van der Waals surface area contributed by atoms with Crippen LogP contribution in [0.5, 0.6) is 5.75 Å². The second-order valence-electron chi connectivity index (χ2n) is 5.83. The van der Waals surface area contributed by atoms with Crippen molar-refractivity contribution in [3.05, 3.63) is 77.9 Å². The van der Waals surface area contributed by atoms with Gasteiger partial charge < -0.3 is 4.74 Å². The molecule has 0 saturated heterocycles. The van der Waals surface area contributed by atoms with Gasteiger partial charge in [0.25, 0.3) is 0 Å². The number of rotatable bonds is 3. The fraction of sp³-hybridized carbons (Fsp3) is 0.200. The van der Waals surface area contributed by atoms with Crippen molar-refractivity contribution < 1.29 is 4.74 Å². The summed E-state index contributed by atoms with van der Waals surface area (Å²) >= 11 is 0. The Morgan fingerprint density at radius 2 is 1.43 bits per heavy atom. The Kier molecular flexibility index (Phi) is 2.92. The van der Waals surface area contributed by atoms with Crippen LogP contribution in [0.2, 0.25) is 0 Å². The lowest BCUT2D eigenvalue weighted by atomic mass is 10.0. The predicted molar refractivity (Wildman–Crippen MR) is 87.0 cm³/mol. The standard InChI is InChI=1S/C20H18O/c1-21-18-10-8-15(9-11-18)19-13-20(19)17-7-6-14-4-2-3-5-16(14)12-17/h2-12,19-20H,13H2,1H3. The van der Waals surface area contributed by atoms with Crippen molar-refractivity contribution in [2.45, 2.75) is 18.3 Å². The Labute approximate surface area is 125 Å². The second-order valence-corrected chi connectivity index (χ2v) is 5.83. The molecule has 0 aliphatic heterocycles. The van der Waals surface area contributed by atoms with Gasteiger partial charge in [0.2, 0.25) is 0 Å². The van der Waals surface area contributed by atoms with Crippen LogP contribution >= 0.6 is 0 Å². The van der Waals surface area contributed by atoms with Crippen LogP contribution in [-0.2, 0) is 0 Å². The summed E-state index contributed by atoms with van der Waals surface area (Å²) in [6, 6.07) is 24.0. The van der Waals surface area contributed by atoms with E-state index < -0.39 is 0 Å². The topological polar surface area (TPSA) is 9.23 Å². The highest BCUT2D eigenvalue weighted by molar-refractivity contribution is 5.83.